The molecule has 43 heavy (non-hydrogen) atoms. The van der Waals surface area contributed by atoms with Gasteiger partial charge in [0.05, 0.1) is 11.8 Å². The Morgan fingerprint density at radius 3 is 2.47 bits per heavy atom. The number of para-hydroxylation sites is 1. The summed E-state index contributed by atoms with van der Waals surface area (Å²) in [6, 6.07) is 26.3. The third-order valence-corrected chi connectivity index (χ3v) is 7.26. The number of amides is 1. The van der Waals surface area contributed by atoms with E-state index < -0.39 is 5.91 Å². The zero-order chi connectivity index (χ0) is 29.5. The number of carbonyl (C=O) groups excluding carboxylic acids is 1. The lowest BCUT2D eigenvalue weighted by Gasteiger charge is -2.11. The topological polar surface area (TPSA) is 146 Å². The van der Waals surface area contributed by atoms with Gasteiger partial charge in [-0.1, -0.05) is 42.5 Å². The van der Waals surface area contributed by atoms with Crippen molar-refractivity contribution in [3.63, 3.8) is 0 Å². The number of fused-ring (bicyclic) bond motifs is 4. The van der Waals surface area contributed by atoms with Crippen molar-refractivity contribution >= 4 is 55.7 Å². The van der Waals surface area contributed by atoms with Gasteiger partial charge in [0, 0.05) is 52.3 Å². The van der Waals surface area contributed by atoms with E-state index in [1.165, 1.54) is 23.3 Å². The fourth-order valence-electron chi connectivity index (χ4n) is 5.20. The van der Waals surface area contributed by atoms with Gasteiger partial charge in [0.15, 0.2) is 11.6 Å². The number of rotatable bonds is 5. The van der Waals surface area contributed by atoms with Crippen molar-refractivity contribution in [1.29, 1.82) is 5.26 Å². The van der Waals surface area contributed by atoms with Gasteiger partial charge in [0.1, 0.15) is 17.3 Å². The van der Waals surface area contributed by atoms with Crippen LogP contribution in [-0.2, 0) is 7.05 Å². The second kappa shape index (κ2) is 10.2. The molecule has 0 atom stereocenters. The van der Waals surface area contributed by atoms with Gasteiger partial charge >= 0.3 is 0 Å². The Morgan fingerprint density at radius 1 is 0.907 bits per heavy atom. The average Bonchev–Trinajstić information content (AvgIpc) is 3.59. The third kappa shape index (κ3) is 4.30. The summed E-state index contributed by atoms with van der Waals surface area (Å²) in [7, 11) is 2.01. The summed E-state index contributed by atoms with van der Waals surface area (Å²) < 4.78 is 3.39. The Balaban J connectivity index is 1.29. The van der Waals surface area contributed by atoms with Crippen LogP contribution in [0.5, 0.6) is 5.75 Å². The first-order chi connectivity index (χ1) is 21.0. The summed E-state index contributed by atoms with van der Waals surface area (Å²) in [5, 5.41) is 40.0. The molecule has 0 aliphatic heterocycles. The number of phenolic OH excluding ortho intramolecular Hbond substituents is 1. The van der Waals surface area contributed by atoms with Crippen molar-refractivity contribution in [3.05, 3.63) is 109 Å². The van der Waals surface area contributed by atoms with Gasteiger partial charge in [-0.05, 0) is 41.8 Å². The molecule has 0 bridgehead atoms. The summed E-state index contributed by atoms with van der Waals surface area (Å²) in [4.78, 5) is 21.9. The molecule has 0 radical (unpaired) electrons. The normalized spacial score (nSPS) is 11.4. The van der Waals surface area contributed by atoms with E-state index in [-0.39, 0.29) is 34.3 Å². The summed E-state index contributed by atoms with van der Waals surface area (Å²) >= 11 is 0. The summed E-state index contributed by atoms with van der Waals surface area (Å²) in [6.07, 6.45) is 4.41. The molecule has 11 heteroatoms. The highest BCUT2D eigenvalue weighted by atomic mass is 16.3. The molecule has 206 valence electrons. The number of benzene rings is 4. The number of aromatic hydroxyl groups is 1. The highest BCUT2D eigenvalue weighted by Gasteiger charge is 2.20. The Bertz CT molecular complexity index is 2280. The first-order valence-electron chi connectivity index (χ1n) is 13.2. The van der Waals surface area contributed by atoms with E-state index in [1.54, 1.807) is 24.3 Å². The molecule has 0 spiro atoms. The molecule has 0 aliphatic rings. The molecular formula is C32H21N9O2. The van der Waals surface area contributed by atoms with Gasteiger partial charge in [-0.15, -0.1) is 10.2 Å². The van der Waals surface area contributed by atoms with Crippen LogP contribution in [0, 0.1) is 11.3 Å². The minimum atomic E-state index is -0.514. The van der Waals surface area contributed by atoms with Crippen LogP contribution in [0.3, 0.4) is 0 Å². The Kier molecular flexibility index (Phi) is 6.07. The fraction of sp³-hybridized carbons (Fsp3) is 0.0312. The first kappa shape index (κ1) is 25.6. The molecule has 4 aromatic carbocycles. The lowest BCUT2D eigenvalue weighted by molar-refractivity contribution is 0.102. The van der Waals surface area contributed by atoms with E-state index in [9.17, 15) is 15.2 Å². The van der Waals surface area contributed by atoms with E-state index in [1.807, 2.05) is 61.6 Å². The molecule has 3 heterocycles. The second-order valence-electron chi connectivity index (χ2n) is 9.76. The molecule has 1 amide bonds. The van der Waals surface area contributed by atoms with Crippen LogP contribution in [0.1, 0.15) is 15.9 Å². The van der Waals surface area contributed by atoms with Crippen LogP contribution < -0.4 is 5.32 Å². The predicted octanol–water partition coefficient (Wildman–Crippen LogP) is 6.71. The Morgan fingerprint density at radius 2 is 1.65 bits per heavy atom. The zero-order valence-electron chi connectivity index (χ0n) is 22.7. The average molecular weight is 564 g/mol. The smallest absolute Gasteiger partial charge is 0.259 e. The number of azo groups is 1. The summed E-state index contributed by atoms with van der Waals surface area (Å²) in [5.41, 5.74) is 2.92. The fourth-order valence-corrected chi connectivity index (χ4v) is 5.20. The van der Waals surface area contributed by atoms with Crippen LogP contribution >= 0.6 is 0 Å². The van der Waals surface area contributed by atoms with Crippen molar-refractivity contribution in [2.24, 2.45) is 17.3 Å². The van der Waals surface area contributed by atoms with Crippen molar-refractivity contribution in [2.75, 3.05) is 5.32 Å². The molecular weight excluding hydrogens is 542 g/mol. The van der Waals surface area contributed by atoms with E-state index in [2.05, 4.69) is 41.2 Å². The summed E-state index contributed by atoms with van der Waals surface area (Å²) in [5.74, 6) is -0.592. The lowest BCUT2D eigenvalue weighted by atomic mass is 10.0. The SMILES string of the molecule is Cn1c2ccccc2c2cc(NC(=O)c3cc4ccccc4c(N=Nc4c(C#N)cnn4-c4ncccn4)c3O)ccc21. The van der Waals surface area contributed by atoms with Crippen molar-refractivity contribution < 1.29 is 9.90 Å². The highest BCUT2D eigenvalue weighted by Crippen LogP contribution is 2.40. The monoisotopic (exact) mass is 563 g/mol. The van der Waals surface area contributed by atoms with Crippen LogP contribution in [0.2, 0.25) is 0 Å². The molecule has 0 unspecified atom stereocenters. The number of nitriles is 1. The van der Waals surface area contributed by atoms with Gasteiger partial charge in [0.2, 0.25) is 0 Å². The molecule has 7 aromatic rings. The standard InChI is InChI=1S/C32H21N9O2/c1-40-26-10-5-4-9-23(26)24-16-21(11-12-27(24)40)37-31(43)25-15-19-7-2-3-8-22(19)28(29(25)42)38-39-30-20(17-33)18-36-41(30)32-34-13-6-14-35-32/h2-16,18,42H,1H3,(H,37,43). The number of anilines is 1. The molecule has 2 N–H and O–H groups in total. The number of nitrogens with zero attached hydrogens (tertiary/aromatic N) is 8. The number of hydrogen-bond donors (Lipinski definition) is 2. The van der Waals surface area contributed by atoms with Gasteiger partial charge in [-0.2, -0.15) is 15.0 Å². The number of nitrogens with one attached hydrogen (secondary N) is 1. The summed E-state index contributed by atoms with van der Waals surface area (Å²) in [6.45, 7) is 0. The van der Waals surface area contributed by atoms with Crippen LogP contribution in [-0.4, -0.2) is 35.3 Å². The number of aromatic nitrogens is 5. The van der Waals surface area contributed by atoms with E-state index in [0.29, 0.717) is 16.5 Å². The number of aryl methyl sites for hydroxylation is 1. The molecule has 0 fully saturated rings. The van der Waals surface area contributed by atoms with Gasteiger partial charge < -0.3 is 15.0 Å². The van der Waals surface area contributed by atoms with Crippen molar-refractivity contribution in [1.82, 2.24) is 24.3 Å². The molecule has 11 nitrogen and oxygen atoms in total. The van der Waals surface area contributed by atoms with Crippen LogP contribution in [0.25, 0.3) is 38.5 Å². The Hall–Kier alpha value is -6.41. The maximum atomic E-state index is 13.6. The van der Waals surface area contributed by atoms with Gasteiger partial charge in [-0.25, -0.2) is 9.97 Å². The Labute approximate surface area is 244 Å². The minimum absolute atomic E-state index is 0.0195. The number of hydrogen-bond acceptors (Lipinski definition) is 8. The lowest BCUT2D eigenvalue weighted by Crippen LogP contribution is -2.12. The highest BCUT2D eigenvalue weighted by molar-refractivity contribution is 6.14. The maximum absolute atomic E-state index is 13.6. The largest absolute Gasteiger partial charge is 0.505 e. The predicted molar refractivity (Wildman–Crippen MR) is 162 cm³/mol. The van der Waals surface area contributed by atoms with Gasteiger partial charge in [0.25, 0.3) is 11.9 Å². The molecule has 0 aliphatic carbocycles. The zero-order valence-corrected chi connectivity index (χ0v) is 22.7. The third-order valence-electron chi connectivity index (χ3n) is 7.26. The molecule has 0 saturated carbocycles. The molecule has 0 saturated heterocycles. The van der Waals surface area contributed by atoms with Gasteiger partial charge in [-0.3, -0.25) is 4.79 Å². The maximum Gasteiger partial charge on any atom is 0.259 e. The van der Waals surface area contributed by atoms with Crippen LogP contribution in [0.4, 0.5) is 17.2 Å². The van der Waals surface area contributed by atoms with E-state index in [0.717, 1.165) is 21.8 Å². The van der Waals surface area contributed by atoms with E-state index >= 15 is 0 Å². The molecule has 7 rings (SSSR count). The van der Waals surface area contributed by atoms with Crippen molar-refractivity contribution in [3.8, 4) is 17.8 Å². The number of carbonyl (C=O) groups is 1. The van der Waals surface area contributed by atoms with Crippen molar-refractivity contribution in [2.45, 2.75) is 0 Å². The second-order valence-corrected chi connectivity index (χ2v) is 9.76. The van der Waals surface area contributed by atoms with Crippen LogP contribution in [0.15, 0.2) is 108 Å². The quantitative estimate of drug-likeness (QED) is 0.223. The number of phenols is 1. The first-order valence-corrected chi connectivity index (χ1v) is 13.2. The molecule has 3 aromatic heterocycles. The van der Waals surface area contributed by atoms with E-state index in [4.69, 9.17) is 0 Å². The minimum Gasteiger partial charge on any atom is -0.505 e.